The highest BCUT2D eigenvalue weighted by atomic mass is 28.2. The zero-order valence-corrected chi connectivity index (χ0v) is 12.5. The highest BCUT2D eigenvalue weighted by Crippen LogP contribution is 2.23. The predicted octanol–water partition coefficient (Wildman–Crippen LogP) is 3.54. The van der Waals surface area contributed by atoms with Crippen molar-refractivity contribution in [3.05, 3.63) is 102 Å². The summed E-state index contributed by atoms with van der Waals surface area (Å²) in [5.74, 6) is 0. The third-order valence-corrected chi connectivity index (χ3v) is 5.35. The molecule has 3 aromatic carbocycles. The van der Waals surface area contributed by atoms with Crippen molar-refractivity contribution in [1.29, 1.82) is 0 Å². The number of hydrogen-bond donors (Lipinski definition) is 0. The molecule has 0 fully saturated rings. The molecular formula is C19H17Si. The third kappa shape index (κ3) is 3.06. The first-order chi connectivity index (χ1) is 9.93. The Morgan fingerprint density at radius 3 is 1.35 bits per heavy atom. The Labute approximate surface area is 122 Å². The largest absolute Gasteiger partial charge is 0.0804 e. The first-order valence-corrected chi connectivity index (χ1v) is 8.18. The van der Waals surface area contributed by atoms with E-state index in [-0.39, 0.29) is 9.52 Å². The van der Waals surface area contributed by atoms with Crippen LogP contribution in [-0.4, -0.2) is 9.52 Å². The molecule has 1 radical (unpaired) electrons. The molecule has 0 aliphatic rings. The molecule has 0 aliphatic carbocycles. The fourth-order valence-corrected chi connectivity index (χ4v) is 4.12. The predicted molar refractivity (Wildman–Crippen MR) is 88.0 cm³/mol. The SMILES string of the molecule is c1ccc([SiH]C(c2ccccc2)c2ccccc2)cc1. The standard InChI is InChI=1S/C19H17Si/c1-4-10-16(11-5-1)19(17-12-6-2-7-13-17)20-18-14-8-3-9-15-18/h1-15,19-20H. The summed E-state index contributed by atoms with van der Waals surface area (Å²) >= 11 is 0. The molecule has 0 saturated carbocycles. The van der Waals surface area contributed by atoms with Gasteiger partial charge in [-0.1, -0.05) is 96.2 Å². The Hall–Kier alpha value is -2.12. The van der Waals surface area contributed by atoms with Gasteiger partial charge < -0.3 is 0 Å². The highest BCUT2D eigenvalue weighted by molar-refractivity contribution is 6.55. The minimum absolute atomic E-state index is 0.178. The molecule has 3 rings (SSSR count). The summed E-state index contributed by atoms with van der Waals surface area (Å²) in [7, 11) is 0.178. The Morgan fingerprint density at radius 2 is 0.900 bits per heavy atom. The summed E-state index contributed by atoms with van der Waals surface area (Å²) < 4.78 is 0. The van der Waals surface area contributed by atoms with Gasteiger partial charge in [-0.25, -0.2) is 0 Å². The average molecular weight is 273 g/mol. The maximum atomic E-state index is 2.24. The number of rotatable bonds is 4. The first-order valence-electron chi connectivity index (χ1n) is 6.93. The summed E-state index contributed by atoms with van der Waals surface area (Å²) in [5, 5.41) is 1.46. The van der Waals surface area contributed by atoms with Crippen molar-refractivity contribution in [1.82, 2.24) is 0 Å². The lowest BCUT2D eigenvalue weighted by Crippen LogP contribution is -2.22. The quantitative estimate of drug-likeness (QED) is 0.638. The Kier molecular flexibility index (Phi) is 4.09. The average Bonchev–Trinajstić information content (AvgIpc) is 2.55. The van der Waals surface area contributed by atoms with E-state index in [1.165, 1.54) is 16.3 Å². The minimum atomic E-state index is 0.178. The van der Waals surface area contributed by atoms with E-state index in [0.29, 0.717) is 5.54 Å². The zero-order chi connectivity index (χ0) is 13.6. The molecule has 0 heterocycles. The van der Waals surface area contributed by atoms with Gasteiger partial charge in [-0.05, 0) is 11.1 Å². The molecule has 0 aromatic heterocycles. The van der Waals surface area contributed by atoms with Crippen LogP contribution in [0.15, 0.2) is 91.0 Å². The Balaban J connectivity index is 1.96. The molecule has 0 aliphatic heterocycles. The first kappa shape index (κ1) is 12.9. The molecule has 0 atom stereocenters. The third-order valence-electron chi connectivity index (χ3n) is 3.48. The molecule has 0 saturated heterocycles. The van der Waals surface area contributed by atoms with E-state index in [1.807, 2.05) is 0 Å². The van der Waals surface area contributed by atoms with E-state index in [0.717, 1.165) is 0 Å². The van der Waals surface area contributed by atoms with Crippen LogP contribution in [0.25, 0.3) is 0 Å². The minimum Gasteiger partial charge on any atom is -0.0646 e. The van der Waals surface area contributed by atoms with Gasteiger partial charge in [0.1, 0.15) is 0 Å². The monoisotopic (exact) mass is 273 g/mol. The summed E-state index contributed by atoms with van der Waals surface area (Å²) in [6.07, 6.45) is 0. The van der Waals surface area contributed by atoms with Crippen LogP contribution in [-0.2, 0) is 0 Å². The van der Waals surface area contributed by atoms with Crippen LogP contribution in [0.2, 0.25) is 0 Å². The van der Waals surface area contributed by atoms with Gasteiger partial charge >= 0.3 is 0 Å². The van der Waals surface area contributed by atoms with Gasteiger partial charge in [0.2, 0.25) is 0 Å². The molecule has 0 bridgehead atoms. The van der Waals surface area contributed by atoms with Gasteiger partial charge in [0, 0.05) is 5.54 Å². The van der Waals surface area contributed by atoms with Gasteiger partial charge in [-0.3, -0.25) is 0 Å². The molecule has 3 aromatic rings. The van der Waals surface area contributed by atoms with Crippen molar-refractivity contribution >= 4 is 14.7 Å². The second kappa shape index (κ2) is 6.35. The summed E-state index contributed by atoms with van der Waals surface area (Å²) in [6, 6.07) is 32.5. The maximum absolute atomic E-state index is 2.24. The van der Waals surface area contributed by atoms with Crippen molar-refractivity contribution < 1.29 is 0 Å². The second-order valence-electron chi connectivity index (χ2n) is 4.88. The van der Waals surface area contributed by atoms with Gasteiger partial charge in [0.25, 0.3) is 0 Å². The van der Waals surface area contributed by atoms with E-state index in [9.17, 15) is 0 Å². The Bertz CT molecular complexity index is 593. The van der Waals surface area contributed by atoms with E-state index < -0.39 is 0 Å². The lowest BCUT2D eigenvalue weighted by Gasteiger charge is -2.17. The van der Waals surface area contributed by atoms with Crippen LogP contribution >= 0.6 is 0 Å². The lowest BCUT2D eigenvalue weighted by molar-refractivity contribution is 1.13. The normalized spacial score (nSPS) is 10.7. The maximum Gasteiger partial charge on any atom is 0.0804 e. The second-order valence-corrected chi connectivity index (χ2v) is 6.54. The van der Waals surface area contributed by atoms with Crippen LogP contribution < -0.4 is 5.19 Å². The van der Waals surface area contributed by atoms with Crippen LogP contribution in [0, 0.1) is 0 Å². The zero-order valence-electron chi connectivity index (χ0n) is 11.3. The molecule has 0 spiro atoms. The van der Waals surface area contributed by atoms with Crippen LogP contribution in [0.5, 0.6) is 0 Å². The number of hydrogen-bond acceptors (Lipinski definition) is 0. The summed E-state index contributed by atoms with van der Waals surface area (Å²) in [6.45, 7) is 0. The van der Waals surface area contributed by atoms with Crippen molar-refractivity contribution in [3.8, 4) is 0 Å². The summed E-state index contributed by atoms with van der Waals surface area (Å²) in [5.41, 5.74) is 3.33. The molecule has 20 heavy (non-hydrogen) atoms. The van der Waals surface area contributed by atoms with E-state index >= 15 is 0 Å². The van der Waals surface area contributed by atoms with Gasteiger partial charge in [0.05, 0.1) is 9.52 Å². The van der Waals surface area contributed by atoms with Crippen molar-refractivity contribution in [2.24, 2.45) is 0 Å². The highest BCUT2D eigenvalue weighted by Gasteiger charge is 2.15. The molecule has 0 N–H and O–H groups in total. The van der Waals surface area contributed by atoms with Crippen molar-refractivity contribution in [2.45, 2.75) is 5.54 Å². The summed E-state index contributed by atoms with van der Waals surface area (Å²) in [4.78, 5) is 0. The molecular weight excluding hydrogens is 256 g/mol. The lowest BCUT2D eigenvalue weighted by atomic mass is 10.0. The topological polar surface area (TPSA) is 0 Å². The van der Waals surface area contributed by atoms with Gasteiger partial charge in [0.15, 0.2) is 0 Å². The fourth-order valence-electron chi connectivity index (χ4n) is 2.46. The molecule has 97 valence electrons. The Morgan fingerprint density at radius 1 is 0.500 bits per heavy atom. The van der Waals surface area contributed by atoms with E-state index in [4.69, 9.17) is 0 Å². The van der Waals surface area contributed by atoms with Crippen LogP contribution in [0.4, 0.5) is 0 Å². The van der Waals surface area contributed by atoms with Gasteiger partial charge in [-0.2, -0.15) is 0 Å². The van der Waals surface area contributed by atoms with Crippen LogP contribution in [0.1, 0.15) is 16.7 Å². The molecule has 0 unspecified atom stereocenters. The smallest absolute Gasteiger partial charge is 0.0646 e. The van der Waals surface area contributed by atoms with Gasteiger partial charge in [-0.15, -0.1) is 0 Å². The molecule has 0 nitrogen and oxygen atoms in total. The molecule has 1 heteroatoms. The van der Waals surface area contributed by atoms with Crippen molar-refractivity contribution in [3.63, 3.8) is 0 Å². The van der Waals surface area contributed by atoms with Crippen molar-refractivity contribution in [2.75, 3.05) is 0 Å². The number of benzene rings is 3. The van der Waals surface area contributed by atoms with E-state index in [1.54, 1.807) is 0 Å². The fraction of sp³-hybridized carbons (Fsp3) is 0.0526. The van der Waals surface area contributed by atoms with Crippen LogP contribution in [0.3, 0.4) is 0 Å². The molecule has 0 amide bonds. The van der Waals surface area contributed by atoms with E-state index in [2.05, 4.69) is 91.0 Å².